The van der Waals surface area contributed by atoms with Gasteiger partial charge in [0.2, 0.25) is 0 Å². The fraction of sp³-hybridized carbons (Fsp3) is 0.431. The molecule has 1 aliphatic carbocycles. The number of aromatic nitrogens is 1. The molecule has 317 valence electrons. The number of rotatable bonds is 4. The van der Waals surface area contributed by atoms with Crippen LogP contribution < -0.4 is 0 Å². The minimum absolute atomic E-state index is 0. The Labute approximate surface area is 377 Å². The van der Waals surface area contributed by atoms with Gasteiger partial charge in [0.15, 0.2) is 0 Å². The topological polar surface area (TPSA) is 12.9 Å². The summed E-state index contributed by atoms with van der Waals surface area (Å²) in [6.07, 6.45) is 1.98. The van der Waals surface area contributed by atoms with Crippen LogP contribution in [0.1, 0.15) is 158 Å². The van der Waals surface area contributed by atoms with Gasteiger partial charge in [-0.2, -0.15) is 0 Å². The van der Waals surface area contributed by atoms with E-state index in [4.69, 9.17) is 4.98 Å². The van der Waals surface area contributed by atoms with E-state index in [-0.39, 0.29) is 58.0 Å². The summed E-state index contributed by atoms with van der Waals surface area (Å²) in [4.78, 5) is 5.09. The molecular weight excluding hydrogens is 903 g/mol. The van der Waals surface area contributed by atoms with Crippen LogP contribution in [0.5, 0.6) is 0 Å². The Morgan fingerprint density at radius 2 is 0.817 bits per heavy atom. The molecule has 0 fully saturated rings. The summed E-state index contributed by atoms with van der Waals surface area (Å²) in [7, 11) is 0. The monoisotopic (exact) mass is 974 g/mol. The zero-order chi connectivity index (χ0) is 43.5. The largest absolute Gasteiger partial charge is 0.304 e. The van der Waals surface area contributed by atoms with Crippen molar-refractivity contribution in [3.8, 4) is 44.6 Å². The van der Waals surface area contributed by atoms with E-state index >= 15 is 0 Å². The van der Waals surface area contributed by atoms with Crippen molar-refractivity contribution in [2.75, 3.05) is 0 Å². The second-order valence-electron chi connectivity index (χ2n) is 23.5. The zero-order valence-corrected chi connectivity index (χ0v) is 42.4. The predicted octanol–water partition coefficient (Wildman–Crippen LogP) is 16.5. The van der Waals surface area contributed by atoms with Crippen molar-refractivity contribution < 1.29 is 20.1 Å². The van der Waals surface area contributed by atoms with Gasteiger partial charge < -0.3 is 4.98 Å². The minimum Gasteiger partial charge on any atom is -0.304 e. The van der Waals surface area contributed by atoms with Crippen molar-refractivity contribution in [1.29, 1.82) is 0 Å². The molecule has 5 aromatic carbocycles. The van der Waals surface area contributed by atoms with E-state index in [0.717, 1.165) is 16.8 Å². The molecule has 6 aromatic rings. The van der Waals surface area contributed by atoms with Crippen LogP contribution in [0.15, 0.2) is 97.2 Å². The molecule has 1 heterocycles. The van der Waals surface area contributed by atoms with Gasteiger partial charge in [0, 0.05) is 26.3 Å². The maximum absolute atomic E-state index is 5.09. The smallest absolute Gasteiger partial charge is 0.0167 e. The third kappa shape index (κ3) is 8.02. The first kappa shape index (κ1) is 45.7. The molecule has 0 amide bonds. The number of pyridine rings is 1. The predicted molar refractivity (Wildman–Crippen MR) is 257 cm³/mol. The van der Waals surface area contributed by atoms with Crippen molar-refractivity contribution in [1.82, 2.24) is 4.98 Å². The summed E-state index contributed by atoms with van der Waals surface area (Å²) in [5.41, 5.74) is 17.8. The van der Waals surface area contributed by atoms with Gasteiger partial charge in [-0.05, 0) is 140 Å². The van der Waals surface area contributed by atoms with E-state index in [1.165, 1.54) is 72.0 Å². The summed E-state index contributed by atoms with van der Waals surface area (Å²) in [6.45, 7) is 42.5. The van der Waals surface area contributed by atoms with Gasteiger partial charge in [0.1, 0.15) is 0 Å². The Hall–Kier alpha value is -3.84. The second-order valence-corrected chi connectivity index (χ2v) is 23.5. The number of hydrogen-bond donors (Lipinski definition) is 0. The molecule has 0 N–H and O–H groups in total. The first-order valence-corrected chi connectivity index (χ1v) is 21.9. The number of fused-ring (bicyclic) bond motifs is 2. The molecule has 0 atom stereocenters. The van der Waals surface area contributed by atoms with Crippen LogP contribution in [0.3, 0.4) is 0 Å². The van der Waals surface area contributed by atoms with Crippen LogP contribution in [-0.2, 0) is 52.6 Å². The molecule has 1 aliphatic rings. The molecule has 0 unspecified atom stereocenters. The molecule has 0 saturated carbocycles. The molecule has 2 heteroatoms. The van der Waals surface area contributed by atoms with E-state index in [1.54, 1.807) is 0 Å². The number of hydrogen-bond acceptors (Lipinski definition) is 1. The SMILES string of the molecule is CC(C)(C)c1cc(-c2cc(-c3cc[c-]c(-c4nccc5cc6c(cc45)C(C)(C)C(C)(C)C6(C)C)c3)cc(-c3cc(C(C)(C)C)cc(C(C)(C)C)c3)c2)cc(C(C)(C)C)c1.[Ir]. The number of benzene rings is 5. The van der Waals surface area contributed by atoms with Crippen LogP contribution >= 0.6 is 0 Å². The molecule has 0 bridgehead atoms. The van der Waals surface area contributed by atoms with E-state index in [1.807, 2.05) is 6.20 Å². The summed E-state index contributed by atoms with van der Waals surface area (Å²) in [5, 5.41) is 2.43. The molecule has 1 radical (unpaired) electrons. The van der Waals surface area contributed by atoms with Gasteiger partial charge in [0.05, 0.1) is 0 Å². The summed E-state index contributed by atoms with van der Waals surface area (Å²) in [5.74, 6) is 0. The average Bonchev–Trinajstić information content (AvgIpc) is 3.24. The van der Waals surface area contributed by atoms with Crippen molar-refractivity contribution in [2.24, 2.45) is 5.41 Å². The Morgan fingerprint density at radius 3 is 1.23 bits per heavy atom. The van der Waals surface area contributed by atoms with Gasteiger partial charge >= 0.3 is 0 Å². The Balaban J connectivity index is 0.00000604. The normalized spacial score (nSPS) is 16.1. The molecule has 0 saturated heterocycles. The van der Waals surface area contributed by atoms with Crippen LogP contribution in [0, 0.1) is 11.5 Å². The van der Waals surface area contributed by atoms with Crippen molar-refractivity contribution in [3.63, 3.8) is 0 Å². The summed E-state index contributed by atoms with van der Waals surface area (Å²) < 4.78 is 0. The molecular formula is C58H70IrN-. The van der Waals surface area contributed by atoms with Gasteiger partial charge in [-0.3, -0.25) is 0 Å². The fourth-order valence-electron chi connectivity index (χ4n) is 9.16. The van der Waals surface area contributed by atoms with Crippen molar-refractivity contribution >= 4 is 10.8 Å². The van der Waals surface area contributed by atoms with Gasteiger partial charge in [-0.15, -0.1) is 35.4 Å². The molecule has 0 spiro atoms. The molecule has 1 aromatic heterocycles. The van der Waals surface area contributed by atoms with Crippen LogP contribution in [0.2, 0.25) is 0 Å². The third-order valence-corrected chi connectivity index (χ3v) is 14.7. The first-order chi connectivity index (χ1) is 27.0. The molecule has 1 nitrogen and oxygen atoms in total. The van der Waals surface area contributed by atoms with E-state index in [9.17, 15) is 0 Å². The standard InChI is InChI=1S/C58H70N.Ir/c1-52(2,3)44-28-42(29-45(33-44)53(4,5)6)40-25-39(26-41(27-40)43-30-46(54(7,8)9)34-47(31-43)55(10,11)12)36-20-19-21-38(24-36)51-48-35-50-49(32-37(48)22-23-59-51)56(13,14)58(17,18)57(50,15)16;/h19-20,22-35H,1-18H3;/q-1;. The maximum Gasteiger partial charge on any atom is 0.0167 e. The third-order valence-electron chi connectivity index (χ3n) is 14.7. The fourth-order valence-corrected chi connectivity index (χ4v) is 9.16. The second kappa shape index (κ2) is 14.9. The minimum atomic E-state index is 0. The van der Waals surface area contributed by atoms with Gasteiger partial charge in [0.25, 0.3) is 0 Å². The van der Waals surface area contributed by atoms with Crippen molar-refractivity contribution in [3.05, 3.63) is 137 Å². The van der Waals surface area contributed by atoms with Crippen LogP contribution in [0.4, 0.5) is 0 Å². The molecule has 7 rings (SSSR count). The Kier molecular flexibility index (Phi) is 11.4. The van der Waals surface area contributed by atoms with Crippen LogP contribution in [-0.4, -0.2) is 4.98 Å². The maximum atomic E-state index is 5.09. The zero-order valence-electron chi connectivity index (χ0n) is 40.0. The first-order valence-electron chi connectivity index (χ1n) is 21.9. The summed E-state index contributed by atoms with van der Waals surface area (Å²) in [6, 6.07) is 39.1. The average molecular weight is 973 g/mol. The Morgan fingerprint density at radius 1 is 0.433 bits per heavy atom. The Bertz CT molecular complexity index is 2440. The van der Waals surface area contributed by atoms with Gasteiger partial charge in [-0.25, -0.2) is 0 Å². The van der Waals surface area contributed by atoms with E-state index in [2.05, 4.69) is 222 Å². The molecule has 0 aliphatic heterocycles. The van der Waals surface area contributed by atoms with E-state index in [0.29, 0.717) is 0 Å². The van der Waals surface area contributed by atoms with E-state index < -0.39 is 0 Å². The summed E-state index contributed by atoms with van der Waals surface area (Å²) >= 11 is 0. The van der Waals surface area contributed by atoms with Gasteiger partial charge in [-0.1, -0.05) is 173 Å². The molecule has 60 heavy (non-hydrogen) atoms. The van der Waals surface area contributed by atoms with Crippen molar-refractivity contribution in [2.45, 2.75) is 157 Å². The quantitative estimate of drug-likeness (QED) is 0.160. The number of nitrogens with zero attached hydrogens (tertiary/aromatic N) is 1. The van der Waals surface area contributed by atoms with Crippen LogP contribution in [0.25, 0.3) is 55.4 Å².